The van der Waals surface area contributed by atoms with Crippen LogP contribution in [0.1, 0.15) is 40.3 Å². The van der Waals surface area contributed by atoms with Crippen molar-refractivity contribution in [2.75, 3.05) is 20.2 Å². The van der Waals surface area contributed by atoms with Crippen molar-refractivity contribution in [1.29, 1.82) is 0 Å². The zero-order valence-electron chi connectivity index (χ0n) is 20.3. The number of aryl methyl sites for hydroxylation is 2. The Bertz CT molecular complexity index is 1180. The second kappa shape index (κ2) is 9.90. The van der Waals surface area contributed by atoms with Gasteiger partial charge >= 0.3 is 0 Å². The number of methoxy groups -OCH3 is 1. The molecule has 2 heterocycles. The number of hydrazone groups is 1. The molecule has 1 fully saturated rings. The van der Waals surface area contributed by atoms with Gasteiger partial charge in [0.15, 0.2) is 11.5 Å². The van der Waals surface area contributed by atoms with E-state index in [0.717, 1.165) is 37.6 Å². The van der Waals surface area contributed by atoms with Gasteiger partial charge in [-0.2, -0.15) is 5.10 Å². The van der Waals surface area contributed by atoms with E-state index in [2.05, 4.69) is 84.8 Å². The number of hydrogen-bond acceptors (Lipinski definition) is 5. The van der Waals surface area contributed by atoms with Gasteiger partial charge in [0, 0.05) is 37.7 Å². The van der Waals surface area contributed by atoms with Gasteiger partial charge in [-0.25, -0.2) is 0 Å². The molecule has 5 heteroatoms. The van der Waals surface area contributed by atoms with Gasteiger partial charge in [-0.15, -0.1) is 0 Å². The van der Waals surface area contributed by atoms with Crippen LogP contribution in [-0.4, -0.2) is 30.8 Å². The minimum absolute atomic E-state index is 0.149. The number of nitrogens with zero attached hydrogens (tertiary/aromatic N) is 2. The maximum absolute atomic E-state index is 6.18. The summed E-state index contributed by atoms with van der Waals surface area (Å²) in [6.07, 6.45) is 1.01. The lowest BCUT2D eigenvalue weighted by atomic mass is 9.86. The molecule has 34 heavy (non-hydrogen) atoms. The molecule has 0 spiro atoms. The summed E-state index contributed by atoms with van der Waals surface area (Å²) in [5.41, 5.74) is 10.9. The van der Waals surface area contributed by atoms with Gasteiger partial charge in [-0.3, -0.25) is 4.90 Å². The minimum atomic E-state index is 0.149. The molecule has 2 aliphatic rings. The van der Waals surface area contributed by atoms with Gasteiger partial charge in [0.2, 0.25) is 0 Å². The number of hydrogen-bond donors (Lipinski definition) is 1. The van der Waals surface area contributed by atoms with Gasteiger partial charge in [0.25, 0.3) is 0 Å². The third-order valence-electron chi connectivity index (χ3n) is 7.00. The smallest absolute Gasteiger partial charge is 0.161 e. The second-order valence-electron chi connectivity index (χ2n) is 9.42. The normalized spacial score (nSPS) is 19.8. The second-order valence-corrected chi connectivity index (χ2v) is 9.42. The average Bonchev–Trinajstić information content (AvgIpc) is 3.28. The summed E-state index contributed by atoms with van der Waals surface area (Å²) in [5.74, 6) is 1.89. The van der Waals surface area contributed by atoms with Crippen LogP contribution in [0.4, 0.5) is 0 Å². The Balaban J connectivity index is 1.29. The number of benzene rings is 3. The van der Waals surface area contributed by atoms with Gasteiger partial charge in [0.1, 0.15) is 6.61 Å². The van der Waals surface area contributed by atoms with Crippen LogP contribution in [0, 0.1) is 19.8 Å². The molecule has 0 radical (unpaired) electrons. The molecule has 0 bridgehead atoms. The Morgan fingerprint density at radius 3 is 2.68 bits per heavy atom. The molecule has 1 N–H and O–H groups in total. The van der Waals surface area contributed by atoms with Crippen molar-refractivity contribution in [1.82, 2.24) is 10.3 Å². The molecule has 1 saturated heterocycles. The molecule has 3 aromatic rings. The molecule has 2 unspecified atom stereocenters. The first-order valence-electron chi connectivity index (χ1n) is 12.1. The standard InChI is InChI=1S/C29H33N3O2/c1-20-9-10-21(2)24(15-20)19-34-27-12-11-23(16-28(27)33-3)29-25-18-32(14-13-26(25)30-31-29)17-22-7-5-4-6-8-22/h4-12,15-16,25,29,31H,13-14,17-19H2,1-3H3. The van der Waals surface area contributed by atoms with Crippen LogP contribution in [0.25, 0.3) is 0 Å². The highest BCUT2D eigenvalue weighted by atomic mass is 16.5. The highest BCUT2D eigenvalue weighted by Gasteiger charge is 2.37. The number of rotatable bonds is 7. The fourth-order valence-corrected chi connectivity index (χ4v) is 5.01. The molecule has 0 amide bonds. The topological polar surface area (TPSA) is 46.1 Å². The molecule has 2 aliphatic heterocycles. The van der Waals surface area contributed by atoms with Gasteiger partial charge in [-0.05, 0) is 48.2 Å². The predicted molar refractivity (Wildman–Crippen MR) is 136 cm³/mol. The van der Waals surface area contributed by atoms with Crippen LogP contribution in [0.5, 0.6) is 11.5 Å². The van der Waals surface area contributed by atoms with Crippen molar-refractivity contribution in [3.05, 3.63) is 94.5 Å². The van der Waals surface area contributed by atoms with Gasteiger partial charge < -0.3 is 14.9 Å². The molecule has 3 aromatic carbocycles. The molecule has 0 aromatic heterocycles. The monoisotopic (exact) mass is 455 g/mol. The Morgan fingerprint density at radius 2 is 1.85 bits per heavy atom. The first kappa shape index (κ1) is 22.5. The largest absolute Gasteiger partial charge is 0.493 e. The van der Waals surface area contributed by atoms with E-state index in [0.29, 0.717) is 12.5 Å². The SMILES string of the molecule is COc1cc(C2NN=C3CCN(Cc4ccccc4)CC32)ccc1OCc1cc(C)ccc1C. The van der Waals surface area contributed by atoms with Gasteiger partial charge in [-0.1, -0.05) is 60.2 Å². The Labute approximate surface area is 202 Å². The fraction of sp³-hybridized carbons (Fsp3) is 0.345. The molecule has 0 saturated carbocycles. The lowest BCUT2D eigenvalue weighted by molar-refractivity contribution is 0.220. The van der Waals surface area contributed by atoms with Crippen LogP contribution in [-0.2, 0) is 13.2 Å². The summed E-state index contributed by atoms with van der Waals surface area (Å²) < 4.78 is 11.9. The van der Waals surface area contributed by atoms with Crippen molar-refractivity contribution in [2.45, 2.75) is 39.5 Å². The van der Waals surface area contributed by atoms with Crippen LogP contribution in [0.3, 0.4) is 0 Å². The van der Waals surface area contributed by atoms with E-state index in [1.165, 1.54) is 33.5 Å². The summed E-state index contributed by atoms with van der Waals surface area (Å²) in [4.78, 5) is 2.54. The van der Waals surface area contributed by atoms with Crippen molar-refractivity contribution < 1.29 is 9.47 Å². The summed E-state index contributed by atoms with van der Waals surface area (Å²) in [6, 6.07) is 23.6. The van der Waals surface area contributed by atoms with Crippen molar-refractivity contribution in [3.8, 4) is 11.5 Å². The lowest BCUT2D eigenvalue weighted by Crippen LogP contribution is -2.41. The van der Waals surface area contributed by atoms with Crippen LogP contribution >= 0.6 is 0 Å². The van der Waals surface area contributed by atoms with E-state index in [4.69, 9.17) is 14.6 Å². The van der Waals surface area contributed by atoms with Crippen molar-refractivity contribution in [3.63, 3.8) is 0 Å². The molecular formula is C29H33N3O2. The zero-order chi connectivity index (χ0) is 23.5. The number of ether oxygens (including phenoxy) is 2. The van der Waals surface area contributed by atoms with E-state index in [1.807, 2.05) is 6.07 Å². The number of nitrogens with one attached hydrogen (secondary N) is 1. The molecular weight excluding hydrogens is 422 g/mol. The highest BCUT2D eigenvalue weighted by molar-refractivity contribution is 5.90. The summed E-state index contributed by atoms with van der Waals surface area (Å²) >= 11 is 0. The predicted octanol–water partition coefficient (Wildman–Crippen LogP) is 5.41. The molecule has 0 aliphatic carbocycles. The van der Waals surface area contributed by atoms with E-state index in [9.17, 15) is 0 Å². The zero-order valence-corrected chi connectivity index (χ0v) is 20.3. The van der Waals surface area contributed by atoms with Crippen LogP contribution in [0.2, 0.25) is 0 Å². The van der Waals surface area contributed by atoms with E-state index in [1.54, 1.807) is 7.11 Å². The first-order chi connectivity index (χ1) is 16.6. The summed E-state index contributed by atoms with van der Waals surface area (Å²) in [6.45, 7) is 7.77. The maximum atomic E-state index is 6.18. The number of fused-ring (bicyclic) bond motifs is 1. The van der Waals surface area contributed by atoms with Crippen molar-refractivity contribution in [2.24, 2.45) is 11.0 Å². The number of piperidine rings is 1. The molecule has 2 atom stereocenters. The summed E-state index contributed by atoms with van der Waals surface area (Å²) in [5, 5.41) is 4.70. The van der Waals surface area contributed by atoms with Crippen LogP contribution < -0.4 is 14.9 Å². The maximum Gasteiger partial charge on any atom is 0.161 e. The Hall–Kier alpha value is -3.31. The third-order valence-corrected chi connectivity index (χ3v) is 7.00. The van der Waals surface area contributed by atoms with E-state index in [-0.39, 0.29) is 6.04 Å². The fourth-order valence-electron chi connectivity index (χ4n) is 5.01. The van der Waals surface area contributed by atoms with Gasteiger partial charge in [0.05, 0.1) is 13.2 Å². The molecule has 176 valence electrons. The minimum Gasteiger partial charge on any atom is -0.493 e. The lowest BCUT2D eigenvalue weighted by Gasteiger charge is -2.33. The summed E-state index contributed by atoms with van der Waals surface area (Å²) in [7, 11) is 1.70. The Kier molecular flexibility index (Phi) is 6.54. The first-order valence-corrected chi connectivity index (χ1v) is 12.1. The highest BCUT2D eigenvalue weighted by Crippen LogP contribution is 2.37. The quantitative estimate of drug-likeness (QED) is 0.517. The van der Waals surface area contributed by atoms with Crippen molar-refractivity contribution >= 4 is 5.71 Å². The number of likely N-dealkylation sites (tertiary alicyclic amines) is 1. The Morgan fingerprint density at radius 1 is 1.00 bits per heavy atom. The van der Waals surface area contributed by atoms with Crippen LogP contribution in [0.15, 0.2) is 71.8 Å². The van der Waals surface area contributed by atoms with E-state index < -0.39 is 0 Å². The third kappa shape index (κ3) is 4.80. The molecule has 5 nitrogen and oxygen atoms in total. The van der Waals surface area contributed by atoms with E-state index >= 15 is 0 Å². The average molecular weight is 456 g/mol. The molecule has 5 rings (SSSR count).